The van der Waals surface area contributed by atoms with Gasteiger partial charge in [-0.25, -0.2) is 0 Å². The molecule has 0 aliphatic rings. The zero-order chi connectivity index (χ0) is 14.9. The second-order valence-corrected chi connectivity index (χ2v) is 4.91. The number of nitrogens with zero attached hydrogens (tertiary/aromatic N) is 1. The van der Waals surface area contributed by atoms with Gasteiger partial charge in [-0.1, -0.05) is 23.7 Å². The molecule has 0 aliphatic carbocycles. The zero-order valence-corrected chi connectivity index (χ0v) is 12.3. The first-order chi connectivity index (χ1) is 10.2. The molecule has 4 nitrogen and oxygen atoms in total. The van der Waals surface area contributed by atoms with E-state index in [1.165, 1.54) is 0 Å². The van der Waals surface area contributed by atoms with Crippen molar-refractivity contribution < 1.29 is 9.53 Å². The smallest absolute Gasteiger partial charge is 0.223 e. The number of pyridine rings is 1. The summed E-state index contributed by atoms with van der Waals surface area (Å²) >= 11 is 5.85. The quantitative estimate of drug-likeness (QED) is 0.856. The lowest BCUT2D eigenvalue weighted by Crippen LogP contribution is -2.27. The topological polar surface area (TPSA) is 51.2 Å². The third kappa shape index (κ3) is 5.83. The average Bonchev–Trinajstić information content (AvgIpc) is 2.48. The Balaban J connectivity index is 1.61. The second-order valence-electron chi connectivity index (χ2n) is 4.48. The highest BCUT2D eigenvalue weighted by Crippen LogP contribution is 2.17. The first kappa shape index (κ1) is 15.3. The van der Waals surface area contributed by atoms with Crippen LogP contribution in [0.5, 0.6) is 5.75 Å². The van der Waals surface area contributed by atoms with E-state index in [-0.39, 0.29) is 5.91 Å². The fourth-order valence-corrected chi connectivity index (χ4v) is 1.96. The predicted octanol–water partition coefficient (Wildman–Crippen LogP) is 2.86. The number of carbonyl (C=O) groups is 1. The Bertz CT molecular complexity index is 575. The monoisotopic (exact) mass is 304 g/mol. The van der Waals surface area contributed by atoms with Crippen LogP contribution < -0.4 is 10.1 Å². The molecule has 0 radical (unpaired) electrons. The van der Waals surface area contributed by atoms with E-state index in [0.29, 0.717) is 30.3 Å². The summed E-state index contributed by atoms with van der Waals surface area (Å²) in [7, 11) is 0. The van der Waals surface area contributed by atoms with E-state index in [0.717, 1.165) is 12.1 Å². The highest BCUT2D eigenvalue weighted by Gasteiger charge is 2.02. The van der Waals surface area contributed by atoms with Crippen LogP contribution in [0.4, 0.5) is 0 Å². The fourth-order valence-electron chi connectivity index (χ4n) is 1.78. The normalized spacial score (nSPS) is 10.1. The van der Waals surface area contributed by atoms with Crippen LogP contribution in [0.15, 0.2) is 48.7 Å². The summed E-state index contributed by atoms with van der Waals surface area (Å²) in [4.78, 5) is 15.8. The van der Waals surface area contributed by atoms with Crippen molar-refractivity contribution >= 4 is 17.5 Å². The molecule has 2 rings (SSSR count). The van der Waals surface area contributed by atoms with Crippen molar-refractivity contribution in [1.82, 2.24) is 10.3 Å². The van der Waals surface area contributed by atoms with E-state index in [1.54, 1.807) is 18.3 Å². The van der Waals surface area contributed by atoms with E-state index in [2.05, 4.69) is 10.3 Å². The maximum atomic E-state index is 11.7. The lowest BCUT2D eigenvalue weighted by atomic mass is 10.2. The minimum atomic E-state index is -0.0343. The third-order valence-electron chi connectivity index (χ3n) is 2.82. The van der Waals surface area contributed by atoms with Gasteiger partial charge in [0.25, 0.3) is 0 Å². The van der Waals surface area contributed by atoms with Gasteiger partial charge in [-0.3, -0.25) is 9.78 Å². The van der Waals surface area contributed by atoms with Gasteiger partial charge in [0.15, 0.2) is 0 Å². The van der Waals surface area contributed by atoms with E-state index in [9.17, 15) is 4.79 Å². The molecule has 1 aromatic heterocycles. The minimum absolute atomic E-state index is 0.0343. The molecule has 1 aromatic carbocycles. The molecule has 0 unspecified atom stereocenters. The Morgan fingerprint density at radius 2 is 2.14 bits per heavy atom. The average molecular weight is 305 g/mol. The molecule has 0 saturated carbocycles. The van der Waals surface area contributed by atoms with Gasteiger partial charge in [0.2, 0.25) is 5.91 Å². The van der Waals surface area contributed by atoms with Crippen molar-refractivity contribution in [2.75, 3.05) is 13.2 Å². The van der Waals surface area contributed by atoms with Crippen LogP contribution in [-0.4, -0.2) is 24.0 Å². The SMILES string of the molecule is O=C(CCOc1cccc(Cl)c1)NCCc1ccccn1. The van der Waals surface area contributed by atoms with Gasteiger partial charge in [-0.05, 0) is 30.3 Å². The molecular weight excluding hydrogens is 288 g/mol. The Kier molecular flexibility index (Phi) is 6.03. The van der Waals surface area contributed by atoms with Crippen LogP contribution in [0.3, 0.4) is 0 Å². The van der Waals surface area contributed by atoms with Crippen molar-refractivity contribution in [3.05, 3.63) is 59.4 Å². The third-order valence-corrected chi connectivity index (χ3v) is 3.06. The van der Waals surface area contributed by atoms with Crippen LogP contribution in [-0.2, 0) is 11.2 Å². The van der Waals surface area contributed by atoms with Crippen LogP contribution >= 0.6 is 11.6 Å². The molecule has 2 aromatic rings. The summed E-state index contributed by atoms with van der Waals surface area (Å²) < 4.78 is 5.46. The molecule has 0 fully saturated rings. The van der Waals surface area contributed by atoms with Crippen molar-refractivity contribution in [1.29, 1.82) is 0 Å². The first-order valence-electron chi connectivity index (χ1n) is 6.79. The summed E-state index contributed by atoms with van der Waals surface area (Å²) in [5.41, 5.74) is 0.966. The highest BCUT2D eigenvalue weighted by molar-refractivity contribution is 6.30. The Labute approximate surface area is 129 Å². The fraction of sp³-hybridized carbons (Fsp3) is 0.250. The maximum Gasteiger partial charge on any atom is 0.223 e. The number of rotatable bonds is 7. The van der Waals surface area contributed by atoms with Crippen LogP contribution in [0.25, 0.3) is 0 Å². The Morgan fingerprint density at radius 1 is 1.24 bits per heavy atom. The molecule has 0 saturated heterocycles. The van der Waals surface area contributed by atoms with E-state index in [1.807, 2.05) is 30.3 Å². The molecule has 1 heterocycles. The summed E-state index contributed by atoms with van der Waals surface area (Å²) in [6.07, 6.45) is 2.78. The van der Waals surface area contributed by atoms with Gasteiger partial charge in [-0.2, -0.15) is 0 Å². The molecule has 0 atom stereocenters. The summed E-state index contributed by atoms with van der Waals surface area (Å²) in [6, 6.07) is 12.9. The number of halogens is 1. The molecule has 110 valence electrons. The Hall–Kier alpha value is -2.07. The molecule has 5 heteroatoms. The number of hydrogen-bond acceptors (Lipinski definition) is 3. The van der Waals surface area contributed by atoms with Gasteiger partial charge < -0.3 is 10.1 Å². The largest absolute Gasteiger partial charge is 0.493 e. The van der Waals surface area contributed by atoms with E-state index >= 15 is 0 Å². The van der Waals surface area contributed by atoms with Crippen molar-refractivity contribution in [2.45, 2.75) is 12.8 Å². The van der Waals surface area contributed by atoms with Crippen LogP contribution in [0.1, 0.15) is 12.1 Å². The molecule has 21 heavy (non-hydrogen) atoms. The van der Waals surface area contributed by atoms with Crippen molar-refractivity contribution in [3.8, 4) is 5.75 Å². The number of amides is 1. The molecular formula is C16H17ClN2O2. The lowest BCUT2D eigenvalue weighted by Gasteiger charge is -2.07. The number of benzene rings is 1. The molecule has 0 aliphatic heterocycles. The predicted molar refractivity (Wildman–Crippen MR) is 82.5 cm³/mol. The molecule has 0 bridgehead atoms. The van der Waals surface area contributed by atoms with E-state index in [4.69, 9.17) is 16.3 Å². The van der Waals surface area contributed by atoms with Gasteiger partial charge in [0.1, 0.15) is 5.75 Å². The van der Waals surface area contributed by atoms with Gasteiger partial charge in [0, 0.05) is 29.9 Å². The van der Waals surface area contributed by atoms with Crippen LogP contribution in [0, 0.1) is 0 Å². The lowest BCUT2D eigenvalue weighted by molar-refractivity contribution is -0.121. The first-order valence-corrected chi connectivity index (χ1v) is 7.17. The van der Waals surface area contributed by atoms with Crippen molar-refractivity contribution in [3.63, 3.8) is 0 Å². The molecule has 0 spiro atoms. The van der Waals surface area contributed by atoms with Gasteiger partial charge >= 0.3 is 0 Å². The highest BCUT2D eigenvalue weighted by atomic mass is 35.5. The number of aromatic nitrogens is 1. The van der Waals surface area contributed by atoms with E-state index < -0.39 is 0 Å². The van der Waals surface area contributed by atoms with Gasteiger partial charge in [-0.15, -0.1) is 0 Å². The minimum Gasteiger partial charge on any atom is -0.493 e. The number of ether oxygens (including phenoxy) is 1. The second kappa shape index (κ2) is 8.27. The number of nitrogens with one attached hydrogen (secondary N) is 1. The molecule has 1 N–H and O–H groups in total. The Morgan fingerprint density at radius 3 is 2.90 bits per heavy atom. The number of carbonyl (C=O) groups excluding carboxylic acids is 1. The van der Waals surface area contributed by atoms with Crippen LogP contribution in [0.2, 0.25) is 5.02 Å². The van der Waals surface area contributed by atoms with Gasteiger partial charge in [0.05, 0.1) is 13.0 Å². The summed E-state index contributed by atoms with van der Waals surface area (Å²) in [5, 5.41) is 3.46. The summed E-state index contributed by atoms with van der Waals surface area (Å²) in [5.74, 6) is 0.636. The standard InChI is InChI=1S/C16H17ClN2O2/c17-13-4-3-6-15(12-13)21-11-8-16(20)19-10-7-14-5-1-2-9-18-14/h1-6,9,12H,7-8,10-11H2,(H,19,20). The number of hydrogen-bond donors (Lipinski definition) is 1. The summed E-state index contributed by atoms with van der Waals surface area (Å²) in [6.45, 7) is 0.906. The molecule has 1 amide bonds. The van der Waals surface area contributed by atoms with Crippen molar-refractivity contribution in [2.24, 2.45) is 0 Å². The maximum absolute atomic E-state index is 11.7. The zero-order valence-electron chi connectivity index (χ0n) is 11.6.